The summed E-state index contributed by atoms with van der Waals surface area (Å²) in [7, 11) is 0. The molecule has 0 amide bonds. The van der Waals surface area contributed by atoms with Gasteiger partial charge in [-0.2, -0.15) is 0 Å². The summed E-state index contributed by atoms with van der Waals surface area (Å²) < 4.78 is 2.20. The molecule has 0 saturated carbocycles. The highest BCUT2D eigenvalue weighted by Crippen LogP contribution is 2.45. The van der Waals surface area contributed by atoms with Crippen molar-refractivity contribution < 1.29 is 0 Å². The topological polar surface area (TPSA) is 17.8 Å². The second-order valence-corrected chi connectivity index (χ2v) is 14.4. The molecule has 0 atom stereocenters. The lowest BCUT2D eigenvalue weighted by Gasteiger charge is -2.19. The first kappa shape index (κ1) is 33.3. The van der Waals surface area contributed by atoms with Crippen molar-refractivity contribution in [1.82, 2.24) is 9.55 Å². The lowest BCUT2D eigenvalue weighted by atomic mass is 9.84. The van der Waals surface area contributed by atoms with Crippen molar-refractivity contribution in [2.75, 3.05) is 0 Å². The van der Waals surface area contributed by atoms with Crippen LogP contribution in [0.3, 0.4) is 0 Å². The Morgan fingerprint density at radius 3 is 1.71 bits per heavy atom. The molecule has 56 heavy (non-hydrogen) atoms. The molecule has 0 radical (unpaired) electrons. The number of nitrogens with zero attached hydrogens (tertiary/aromatic N) is 2. The van der Waals surface area contributed by atoms with Gasteiger partial charge in [0.2, 0.25) is 0 Å². The van der Waals surface area contributed by atoms with Crippen LogP contribution in [0, 0.1) is 0 Å². The summed E-state index contributed by atoms with van der Waals surface area (Å²) in [6, 6.07) is 65.5. The van der Waals surface area contributed by atoms with Crippen LogP contribution in [0.5, 0.6) is 0 Å². The van der Waals surface area contributed by atoms with Gasteiger partial charge in [-0.15, -0.1) is 0 Å². The minimum absolute atomic E-state index is 0.827. The van der Waals surface area contributed by atoms with Crippen molar-refractivity contribution >= 4 is 65.3 Å². The molecule has 10 aromatic rings. The minimum atomic E-state index is 0.827. The van der Waals surface area contributed by atoms with E-state index in [0.29, 0.717) is 0 Å². The Morgan fingerprint density at radius 2 is 1.05 bits per heavy atom. The molecule has 0 bridgehead atoms. The second-order valence-electron chi connectivity index (χ2n) is 14.4. The highest BCUT2D eigenvalue weighted by atomic mass is 15.1. The average Bonchev–Trinajstić information content (AvgIpc) is 3.65. The van der Waals surface area contributed by atoms with Gasteiger partial charge in [-0.05, 0) is 126 Å². The zero-order valence-corrected chi connectivity index (χ0v) is 31.2. The monoisotopic (exact) mass is 714 g/mol. The normalized spacial score (nSPS) is 12.1. The van der Waals surface area contributed by atoms with Gasteiger partial charge < -0.3 is 0 Å². The first-order chi connectivity index (χ1) is 27.6. The van der Waals surface area contributed by atoms with Crippen molar-refractivity contribution in [3.8, 4) is 27.9 Å². The van der Waals surface area contributed by atoms with Gasteiger partial charge in [0, 0.05) is 11.3 Å². The Kier molecular flexibility index (Phi) is 8.23. The summed E-state index contributed by atoms with van der Waals surface area (Å²) in [4.78, 5) is 5.05. The Labute approximate surface area is 326 Å². The number of fused-ring (bicyclic) bond motifs is 5. The van der Waals surface area contributed by atoms with E-state index < -0.39 is 0 Å². The molecule has 0 unspecified atom stereocenters. The van der Waals surface area contributed by atoms with E-state index in [2.05, 4.69) is 206 Å². The fourth-order valence-corrected chi connectivity index (χ4v) is 8.37. The van der Waals surface area contributed by atoms with Gasteiger partial charge in [-0.1, -0.05) is 164 Å². The highest BCUT2D eigenvalue weighted by molar-refractivity contribution is 6.22. The molecule has 0 fully saturated rings. The SMILES string of the molecule is C=C(/C=C\C(=C/C)c1ccc2c(-c3ccc4ccccc4c3)c3ccccc3c(-c3ccc4ccccc4c3)c2c1)c1nc2ccccc2n1-c1ccccc1. The van der Waals surface area contributed by atoms with Crippen LogP contribution in [0.4, 0.5) is 0 Å². The molecule has 0 spiro atoms. The van der Waals surface area contributed by atoms with Crippen LogP contribution in [0.2, 0.25) is 0 Å². The zero-order chi connectivity index (χ0) is 37.6. The quantitative estimate of drug-likeness (QED) is 0.119. The maximum atomic E-state index is 5.05. The van der Waals surface area contributed by atoms with E-state index in [1.165, 1.54) is 65.3 Å². The lowest BCUT2D eigenvalue weighted by Crippen LogP contribution is -1.99. The van der Waals surface area contributed by atoms with E-state index in [1.807, 2.05) is 12.1 Å². The van der Waals surface area contributed by atoms with E-state index >= 15 is 0 Å². The number of benzene rings is 9. The van der Waals surface area contributed by atoms with Gasteiger partial charge in [-0.3, -0.25) is 4.57 Å². The van der Waals surface area contributed by atoms with Crippen molar-refractivity contribution in [3.63, 3.8) is 0 Å². The Bertz CT molecular complexity index is 3210. The summed E-state index contributed by atoms with van der Waals surface area (Å²) >= 11 is 0. The molecular formula is C54H38N2. The van der Waals surface area contributed by atoms with E-state index in [1.54, 1.807) is 0 Å². The van der Waals surface area contributed by atoms with Crippen LogP contribution in [0.25, 0.3) is 93.2 Å². The Hall–Kier alpha value is -7.29. The van der Waals surface area contributed by atoms with Gasteiger partial charge in [0.1, 0.15) is 5.82 Å². The van der Waals surface area contributed by atoms with Crippen LogP contribution in [0.1, 0.15) is 18.3 Å². The van der Waals surface area contributed by atoms with Crippen LogP contribution >= 0.6 is 0 Å². The molecule has 1 heterocycles. The van der Waals surface area contributed by atoms with Crippen molar-refractivity contribution in [1.29, 1.82) is 0 Å². The van der Waals surface area contributed by atoms with Gasteiger partial charge in [0.15, 0.2) is 0 Å². The third-order valence-corrected chi connectivity index (χ3v) is 11.1. The first-order valence-corrected chi connectivity index (χ1v) is 19.2. The summed E-state index contributed by atoms with van der Waals surface area (Å²) in [5, 5.41) is 9.87. The van der Waals surface area contributed by atoms with Crippen molar-refractivity contribution in [2.24, 2.45) is 0 Å². The smallest absolute Gasteiger partial charge is 0.145 e. The predicted octanol–water partition coefficient (Wildman–Crippen LogP) is 14.6. The van der Waals surface area contributed by atoms with Gasteiger partial charge in [0.05, 0.1) is 11.0 Å². The van der Waals surface area contributed by atoms with Crippen LogP contribution in [-0.2, 0) is 0 Å². The fourth-order valence-electron chi connectivity index (χ4n) is 8.37. The molecule has 0 aliphatic rings. The third kappa shape index (κ3) is 5.71. The molecule has 0 aliphatic carbocycles. The average molecular weight is 715 g/mol. The summed E-state index contributed by atoms with van der Waals surface area (Å²) in [6.07, 6.45) is 6.47. The fraction of sp³-hybridized carbons (Fsp3) is 0.0185. The van der Waals surface area contributed by atoms with Crippen LogP contribution in [0.15, 0.2) is 207 Å². The summed E-state index contributed by atoms with van der Waals surface area (Å²) in [5.41, 5.74) is 11.1. The lowest BCUT2D eigenvalue weighted by molar-refractivity contribution is 1.06. The Morgan fingerprint density at radius 1 is 0.500 bits per heavy atom. The van der Waals surface area contributed by atoms with Gasteiger partial charge >= 0.3 is 0 Å². The summed E-state index contributed by atoms with van der Waals surface area (Å²) in [6.45, 7) is 6.65. The van der Waals surface area contributed by atoms with Crippen molar-refractivity contribution in [3.05, 3.63) is 218 Å². The number of hydrogen-bond acceptors (Lipinski definition) is 1. The number of imidazole rings is 1. The molecule has 264 valence electrons. The molecule has 10 rings (SSSR count). The molecule has 2 nitrogen and oxygen atoms in total. The number of aromatic nitrogens is 2. The second kappa shape index (κ2) is 13.8. The summed E-state index contributed by atoms with van der Waals surface area (Å²) in [5.74, 6) is 0.827. The number of allylic oxidation sites excluding steroid dienone is 5. The van der Waals surface area contributed by atoms with Crippen molar-refractivity contribution in [2.45, 2.75) is 6.92 Å². The first-order valence-electron chi connectivity index (χ1n) is 19.2. The molecular weight excluding hydrogens is 677 g/mol. The van der Waals surface area contributed by atoms with Crippen LogP contribution in [-0.4, -0.2) is 9.55 Å². The maximum absolute atomic E-state index is 5.05. The zero-order valence-electron chi connectivity index (χ0n) is 31.2. The molecule has 1 aromatic heterocycles. The number of hydrogen-bond donors (Lipinski definition) is 0. The molecule has 0 saturated heterocycles. The third-order valence-electron chi connectivity index (χ3n) is 11.1. The number of para-hydroxylation sites is 3. The molecule has 2 heteroatoms. The van der Waals surface area contributed by atoms with E-state index in [4.69, 9.17) is 4.98 Å². The number of rotatable bonds is 7. The van der Waals surface area contributed by atoms with E-state index in [0.717, 1.165) is 39.3 Å². The van der Waals surface area contributed by atoms with E-state index in [9.17, 15) is 0 Å². The molecule has 0 N–H and O–H groups in total. The van der Waals surface area contributed by atoms with Gasteiger partial charge in [-0.25, -0.2) is 4.98 Å². The van der Waals surface area contributed by atoms with Gasteiger partial charge in [0.25, 0.3) is 0 Å². The Balaban J connectivity index is 1.16. The highest BCUT2D eigenvalue weighted by Gasteiger charge is 2.19. The van der Waals surface area contributed by atoms with E-state index in [-0.39, 0.29) is 0 Å². The predicted molar refractivity (Wildman–Crippen MR) is 240 cm³/mol. The standard InChI is InChI=1S/C54H38N2/c1-3-37(26-25-36(2)54-55-50-23-13-14-24-51(50)56(54)45-19-5-4-6-20-45)42-31-32-48-49(35-42)53(44-30-28-39-16-8-10-18-41(39)34-44)47-22-12-11-21-46(47)52(48)43-29-27-38-15-7-9-17-40(38)33-43/h3-35H,2H2,1H3/b26-25-,37-3+. The largest absolute Gasteiger partial charge is 0.292 e. The molecule has 9 aromatic carbocycles. The van der Waals surface area contributed by atoms with Crippen LogP contribution < -0.4 is 0 Å². The maximum Gasteiger partial charge on any atom is 0.145 e. The molecule has 0 aliphatic heterocycles. The minimum Gasteiger partial charge on any atom is -0.292 e.